The number of hydrogen-bond donors (Lipinski definition) is 0. The largest absolute Gasteiger partial charge is 0.496 e. The normalized spacial score (nSPS) is 11.6. The molecule has 0 N–H and O–H groups in total. The number of nitriles is 1. The fourth-order valence-electron chi connectivity index (χ4n) is 4.19. The summed E-state index contributed by atoms with van der Waals surface area (Å²) in [7, 11) is 1.50. The summed E-state index contributed by atoms with van der Waals surface area (Å²) in [4.78, 5) is 16.5. The highest BCUT2D eigenvalue weighted by atomic mass is 32.2. The van der Waals surface area contributed by atoms with Gasteiger partial charge in [-0.3, -0.25) is 4.79 Å². The van der Waals surface area contributed by atoms with E-state index in [2.05, 4.69) is 18.8 Å². The molecule has 3 aromatic carbocycles. The zero-order valence-electron chi connectivity index (χ0n) is 22.7. The fourth-order valence-corrected chi connectivity index (χ4v) is 5.17. The lowest BCUT2D eigenvalue weighted by Gasteiger charge is -2.15. The molecule has 0 bridgehead atoms. The lowest BCUT2D eigenvalue weighted by Crippen LogP contribution is -2.10. The maximum atomic E-state index is 13.8. The lowest BCUT2D eigenvalue weighted by molar-refractivity contribution is -0.141. The van der Waals surface area contributed by atoms with Crippen LogP contribution in [-0.4, -0.2) is 17.9 Å². The van der Waals surface area contributed by atoms with E-state index in [1.165, 1.54) is 13.2 Å². The number of halogens is 3. The molecular weight excluding hydrogens is 545 g/mol. The standard InChI is InChI=1S/C33H27F3N2O2S/c1-21(2)23-11-13-25(14-12-23)29(39)15-9-22-10-16-30(40-3)26(17-22)20-41-32-28(19-37)27(24-7-5-4-6-8-24)18-31(38-32)33(34,35)36/h4-18,21H,20H2,1-3H3/b15-9+. The minimum absolute atomic E-state index is 0.0239. The molecule has 0 amide bonds. The first-order valence-corrected chi connectivity index (χ1v) is 13.8. The Morgan fingerprint density at radius 2 is 1.76 bits per heavy atom. The van der Waals surface area contributed by atoms with Crippen molar-refractivity contribution >= 4 is 23.6 Å². The Labute approximate surface area is 241 Å². The second-order valence-electron chi connectivity index (χ2n) is 9.55. The van der Waals surface area contributed by atoms with Gasteiger partial charge in [0.2, 0.25) is 0 Å². The molecule has 0 saturated carbocycles. The van der Waals surface area contributed by atoms with Gasteiger partial charge in [0.05, 0.1) is 12.7 Å². The smallest absolute Gasteiger partial charge is 0.433 e. The van der Waals surface area contributed by atoms with Crippen LogP contribution >= 0.6 is 11.8 Å². The summed E-state index contributed by atoms with van der Waals surface area (Å²) in [5, 5.41) is 9.88. The first-order valence-electron chi connectivity index (χ1n) is 12.8. The van der Waals surface area contributed by atoms with E-state index in [1.54, 1.807) is 66.7 Å². The van der Waals surface area contributed by atoms with Crippen LogP contribution in [0.1, 0.15) is 58.1 Å². The number of ketones is 1. The van der Waals surface area contributed by atoms with Crippen LogP contribution in [0.25, 0.3) is 17.2 Å². The summed E-state index contributed by atoms with van der Waals surface area (Å²) < 4.78 is 46.7. The van der Waals surface area contributed by atoms with E-state index < -0.39 is 11.9 Å². The molecule has 0 saturated heterocycles. The molecule has 1 aromatic heterocycles. The SMILES string of the molecule is COc1ccc(/C=C/C(=O)c2ccc(C(C)C)cc2)cc1CSc1nc(C(F)(F)F)cc(-c2ccccc2)c1C#N. The van der Waals surface area contributed by atoms with Gasteiger partial charge in [-0.2, -0.15) is 18.4 Å². The van der Waals surface area contributed by atoms with Crippen LogP contribution in [0.4, 0.5) is 13.2 Å². The molecule has 4 aromatic rings. The van der Waals surface area contributed by atoms with Gasteiger partial charge in [-0.05, 0) is 46.9 Å². The van der Waals surface area contributed by atoms with Crippen LogP contribution in [0, 0.1) is 11.3 Å². The van der Waals surface area contributed by atoms with Crippen LogP contribution in [-0.2, 0) is 11.9 Å². The highest BCUT2D eigenvalue weighted by Gasteiger charge is 2.34. The minimum Gasteiger partial charge on any atom is -0.496 e. The van der Waals surface area contributed by atoms with Crippen LogP contribution in [0.5, 0.6) is 5.75 Å². The molecule has 0 radical (unpaired) electrons. The maximum absolute atomic E-state index is 13.8. The fraction of sp³-hybridized carbons (Fsp3) is 0.182. The van der Waals surface area contributed by atoms with Crippen molar-refractivity contribution in [1.82, 2.24) is 4.98 Å². The summed E-state index contributed by atoms with van der Waals surface area (Å²) in [6, 6.07) is 24.2. The van der Waals surface area contributed by atoms with Crippen LogP contribution in [0.15, 0.2) is 90.0 Å². The molecule has 0 fully saturated rings. The van der Waals surface area contributed by atoms with Crippen molar-refractivity contribution in [3.8, 4) is 22.9 Å². The Morgan fingerprint density at radius 1 is 1.05 bits per heavy atom. The highest BCUT2D eigenvalue weighted by molar-refractivity contribution is 7.98. The molecule has 0 atom stereocenters. The monoisotopic (exact) mass is 572 g/mol. The molecule has 41 heavy (non-hydrogen) atoms. The molecule has 1 heterocycles. The predicted octanol–water partition coefficient (Wildman–Crippen LogP) is 8.96. The van der Waals surface area contributed by atoms with Crippen molar-refractivity contribution in [2.75, 3.05) is 7.11 Å². The van der Waals surface area contributed by atoms with Crippen molar-refractivity contribution in [3.63, 3.8) is 0 Å². The van der Waals surface area contributed by atoms with Gasteiger partial charge in [0.15, 0.2) is 5.78 Å². The number of thioether (sulfide) groups is 1. The summed E-state index contributed by atoms with van der Waals surface area (Å²) in [5.74, 6) is 0.934. The summed E-state index contributed by atoms with van der Waals surface area (Å²) in [6.07, 6.45) is -1.52. The number of carbonyl (C=O) groups excluding carboxylic acids is 1. The van der Waals surface area contributed by atoms with E-state index in [1.807, 2.05) is 18.2 Å². The van der Waals surface area contributed by atoms with Crippen molar-refractivity contribution in [2.45, 2.75) is 36.7 Å². The Bertz CT molecular complexity index is 1610. The number of hydrogen-bond acceptors (Lipinski definition) is 5. The average molecular weight is 573 g/mol. The zero-order chi connectivity index (χ0) is 29.6. The first-order chi connectivity index (χ1) is 19.6. The summed E-state index contributed by atoms with van der Waals surface area (Å²) in [5.41, 5.74) is 2.78. The Morgan fingerprint density at radius 3 is 2.37 bits per heavy atom. The molecule has 0 aliphatic heterocycles. The van der Waals surface area contributed by atoms with Gasteiger partial charge in [0.1, 0.15) is 22.5 Å². The van der Waals surface area contributed by atoms with Crippen LogP contribution < -0.4 is 4.74 Å². The minimum atomic E-state index is -4.68. The molecule has 0 spiro atoms. The topological polar surface area (TPSA) is 63.0 Å². The average Bonchev–Trinajstić information content (AvgIpc) is 2.98. The van der Waals surface area contributed by atoms with Crippen molar-refractivity contribution in [2.24, 2.45) is 0 Å². The van der Waals surface area contributed by atoms with E-state index in [9.17, 15) is 23.2 Å². The zero-order valence-corrected chi connectivity index (χ0v) is 23.5. The van der Waals surface area contributed by atoms with E-state index in [-0.39, 0.29) is 27.7 Å². The summed E-state index contributed by atoms with van der Waals surface area (Å²) in [6.45, 7) is 4.17. The third kappa shape index (κ3) is 7.24. The highest BCUT2D eigenvalue weighted by Crippen LogP contribution is 2.38. The van der Waals surface area contributed by atoms with Crippen molar-refractivity contribution in [1.29, 1.82) is 5.26 Å². The number of nitrogens with zero attached hydrogens (tertiary/aromatic N) is 2. The van der Waals surface area contributed by atoms with E-state index in [4.69, 9.17) is 4.74 Å². The second-order valence-corrected chi connectivity index (χ2v) is 10.5. The van der Waals surface area contributed by atoms with E-state index >= 15 is 0 Å². The number of aromatic nitrogens is 1. The van der Waals surface area contributed by atoms with Crippen molar-refractivity contribution < 1.29 is 22.7 Å². The Kier molecular flexibility index (Phi) is 9.31. The van der Waals surface area contributed by atoms with Gasteiger partial charge in [0, 0.05) is 22.4 Å². The van der Waals surface area contributed by atoms with Gasteiger partial charge in [-0.15, -0.1) is 11.8 Å². The second kappa shape index (κ2) is 12.9. The molecular formula is C33H27F3N2O2S. The number of ether oxygens (including phenoxy) is 1. The molecule has 8 heteroatoms. The number of methoxy groups -OCH3 is 1. The number of benzene rings is 3. The maximum Gasteiger partial charge on any atom is 0.433 e. The number of rotatable bonds is 9. The third-order valence-electron chi connectivity index (χ3n) is 6.43. The number of carbonyl (C=O) groups is 1. The first kappa shape index (κ1) is 29.6. The van der Waals surface area contributed by atoms with Gasteiger partial charge in [-0.25, -0.2) is 4.98 Å². The molecule has 0 unspecified atom stereocenters. The Hall–Kier alpha value is -4.35. The van der Waals surface area contributed by atoms with Crippen LogP contribution in [0.2, 0.25) is 0 Å². The van der Waals surface area contributed by atoms with Crippen LogP contribution in [0.3, 0.4) is 0 Å². The number of pyridine rings is 1. The number of allylic oxidation sites excluding steroid dienone is 1. The molecule has 4 nitrogen and oxygen atoms in total. The Balaban J connectivity index is 1.62. The molecule has 0 aliphatic rings. The number of alkyl halides is 3. The van der Waals surface area contributed by atoms with E-state index in [0.717, 1.165) is 29.0 Å². The van der Waals surface area contributed by atoms with Gasteiger partial charge in [0.25, 0.3) is 0 Å². The predicted molar refractivity (Wildman–Crippen MR) is 156 cm³/mol. The third-order valence-corrected chi connectivity index (χ3v) is 7.46. The lowest BCUT2D eigenvalue weighted by atomic mass is 10.00. The molecule has 208 valence electrons. The molecule has 0 aliphatic carbocycles. The van der Waals surface area contributed by atoms with Gasteiger partial charge >= 0.3 is 6.18 Å². The van der Waals surface area contributed by atoms with Crippen molar-refractivity contribution in [3.05, 3.63) is 118 Å². The molecule has 4 rings (SSSR count). The quantitative estimate of drug-likeness (QED) is 0.114. The van der Waals surface area contributed by atoms with Gasteiger partial charge in [-0.1, -0.05) is 80.6 Å². The van der Waals surface area contributed by atoms with Gasteiger partial charge < -0.3 is 4.74 Å². The van der Waals surface area contributed by atoms with E-state index in [0.29, 0.717) is 28.4 Å². The summed E-state index contributed by atoms with van der Waals surface area (Å²) >= 11 is 1.02.